The average molecular weight is 285 g/mol. The van der Waals surface area contributed by atoms with Crippen LogP contribution in [-0.4, -0.2) is 19.8 Å². The minimum absolute atomic E-state index is 0.000256. The molecule has 108 valence electrons. The number of ether oxygens (including phenoxy) is 2. The molecule has 21 heavy (non-hydrogen) atoms. The molecule has 2 heterocycles. The van der Waals surface area contributed by atoms with Crippen LogP contribution in [0.25, 0.3) is 0 Å². The maximum Gasteiger partial charge on any atom is 0.161 e. The molecule has 2 aromatic rings. The summed E-state index contributed by atoms with van der Waals surface area (Å²) in [6, 6.07) is 10.9. The van der Waals surface area contributed by atoms with Crippen LogP contribution < -0.4 is 14.8 Å². The Bertz CT molecular complexity index is 686. The van der Waals surface area contributed by atoms with Crippen molar-refractivity contribution in [1.82, 2.24) is 5.32 Å². The van der Waals surface area contributed by atoms with Gasteiger partial charge in [-0.2, -0.15) is 0 Å². The molecule has 0 amide bonds. The van der Waals surface area contributed by atoms with Crippen molar-refractivity contribution < 1.29 is 13.9 Å². The van der Waals surface area contributed by atoms with E-state index in [9.17, 15) is 4.39 Å². The molecule has 0 radical (unpaired) electrons. The van der Waals surface area contributed by atoms with E-state index in [0.29, 0.717) is 13.2 Å². The molecule has 2 aliphatic rings. The largest absolute Gasteiger partial charge is 0.486 e. The van der Waals surface area contributed by atoms with Crippen LogP contribution in [0.15, 0.2) is 36.4 Å². The summed E-state index contributed by atoms with van der Waals surface area (Å²) in [5, 5.41) is 3.46. The van der Waals surface area contributed by atoms with Gasteiger partial charge in [0.1, 0.15) is 19.0 Å². The topological polar surface area (TPSA) is 30.5 Å². The summed E-state index contributed by atoms with van der Waals surface area (Å²) < 4.78 is 24.8. The van der Waals surface area contributed by atoms with E-state index >= 15 is 0 Å². The van der Waals surface area contributed by atoms with Crippen molar-refractivity contribution in [2.24, 2.45) is 0 Å². The Morgan fingerprint density at radius 3 is 2.67 bits per heavy atom. The van der Waals surface area contributed by atoms with Crippen LogP contribution in [0.2, 0.25) is 0 Å². The zero-order valence-electron chi connectivity index (χ0n) is 11.6. The first-order chi connectivity index (χ1) is 10.3. The maximum absolute atomic E-state index is 13.5. The molecule has 0 fully saturated rings. The second-order valence-electron chi connectivity index (χ2n) is 5.39. The lowest BCUT2D eigenvalue weighted by molar-refractivity contribution is 0.171. The summed E-state index contributed by atoms with van der Waals surface area (Å²) in [6.07, 6.45) is 0.942. The standard InChI is InChI=1S/C17H16FNO2/c18-13-3-1-2-12(8-13)17-14-10-16-15(20-6-7-21-16)9-11(14)4-5-19-17/h1-3,8-10,17,19H,4-7H2. The third-order valence-electron chi connectivity index (χ3n) is 4.04. The van der Waals surface area contributed by atoms with E-state index in [0.717, 1.165) is 35.6 Å². The molecule has 0 saturated carbocycles. The highest BCUT2D eigenvalue weighted by molar-refractivity contribution is 5.52. The van der Waals surface area contributed by atoms with E-state index < -0.39 is 0 Å². The lowest BCUT2D eigenvalue weighted by Crippen LogP contribution is -2.31. The molecule has 1 atom stereocenters. The van der Waals surface area contributed by atoms with Crippen LogP contribution in [0.4, 0.5) is 4.39 Å². The first-order valence-electron chi connectivity index (χ1n) is 7.22. The van der Waals surface area contributed by atoms with Crippen LogP contribution in [0.1, 0.15) is 22.7 Å². The highest BCUT2D eigenvalue weighted by Crippen LogP contribution is 2.38. The second kappa shape index (κ2) is 5.04. The average Bonchev–Trinajstić information content (AvgIpc) is 2.52. The fourth-order valence-electron chi connectivity index (χ4n) is 3.08. The van der Waals surface area contributed by atoms with E-state index in [4.69, 9.17) is 9.47 Å². The molecule has 0 spiro atoms. The second-order valence-corrected chi connectivity index (χ2v) is 5.39. The van der Waals surface area contributed by atoms with Gasteiger partial charge in [-0.05, 0) is 47.4 Å². The first kappa shape index (κ1) is 12.7. The van der Waals surface area contributed by atoms with Crippen LogP contribution in [0, 0.1) is 5.82 Å². The van der Waals surface area contributed by atoms with Crippen LogP contribution in [0.5, 0.6) is 11.5 Å². The van der Waals surface area contributed by atoms with Crippen molar-refractivity contribution in [2.75, 3.05) is 19.8 Å². The lowest BCUT2D eigenvalue weighted by atomic mass is 9.89. The summed E-state index contributed by atoms with van der Waals surface area (Å²) in [5.74, 6) is 1.39. The number of halogens is 1. The number of hydrogen-bond donors (Lipinski definition) is 1. The molecule has 3 nitrogen and oxygen atoms in total. The first-order valence-corrected chi connectivity index (χ1v) is 7.22. The molecular weight excluding hydrogens is 269 g/mol. The Morgan fingerprint density at radius 1 is 1.05 bits per heavy atom. The SMILES string of the molecule is Fc1cccc(C2NCCc3cc4c(cc32)OCCO4)c1. The summed E-state index contributed by atoms with van der Waals surface area (Å²) >= 11 is 0. The highest BCUT2D eigenvalue weighted by atomic mass is 19.1. The smallest absolute Gasteiger partial charge is 0.161 e. The Hall–Kier alpha value is -2.07. The third kappa shape index (κ3) is 2.25. The molecule has 4 rings (SSSR count). The Balaban J connectivity index is 1.80. The van der Waals surface area contributed by atoms with Gasteiger partial charge in [-0.1, -0.05) is 12.1 Å². The molecule has 0 saturated heterocycles. The molecule has 0 aliphatic carbocycles. The summed E-state index contributed by atoms with van der Waals surface area (Å²) in [6.45, 7) is 2.04. The van der Waals surface area contributed by atoms with Crippen molar-refractivity contribution >= 4 is 0 Å². The van der Waals surface area contributed by atoms with Crippen molar-refractivity contribution in [2.45, 2.75) is 12.5 Å². The monoisotopic (exact) mass is 285 g/mol. The van der Waals surface area contributed by atoms with Gasteiger partial charge >= 0.3 is 0 Å². The quantitative estimate of drug-likeness (QED) is 0.874. The van der Waals surface area contributed by atoms with Crippen LogP contribution in [0.3, 0.4) is 0 Å². The van der Waals surface area contributed by atoms with E-state index in [1.807, 2.05) is 12.1 Å². The predicted octanol–water partition coefficient (Wildman–Crippen LogP) is 2.83. The van der Waals surface area contributed by atoms with E-state index in [-0.39, 0.29) is 11.9 Å². The van der Waals surface area contributed by atoms with Crippen LogP contribution >= 0.6 is 0 Å². The van der Waals surface area contributed by atoms with E-state index in [1.54, 1.807) is 12.1 Å². The molecule has 2 aromatic carbocycles. The van der Waals surface area contributed by atoms with Gasteiger partial charge in [0.05, 0.1) is 6.04 Å². The molecule has 0 bridgehead atoms. The Morgan fingerprint density at radius 2 is 1.86 bits per heavy atom. The van der Waals surface area contributed by atoms with Gasteiger partial charge in [0, 0.05) is 6.54 Å². The van der Waals surface area contributed by atoms with Gasteiger partial charge in [-0.25, -0.2) is 4.39 Å². The summed E-state index contributed by atoms with van der Waals surface area (Å²) in [4.78, 5) is 0. The number of nitrogens with one attached hydrogen (secondary N) is 1. The third-order valence-corrected chi connectivity index (χ3v) is 4.04. The molecule has 2 aliphatic heterocycles. The van der Waals surface area contributed by atoms with Gasteiger partial charge in [-0.15, -0.1) is 0 Å². The molecule has 4 heteroatoms. The van der Waals surface area contributed by atoms with Gasteiger partial charge in [0.2, 0.25) is 0 Å². The number of benzene rings is 2. The normalized spacial score (nSPS) is 20.0. The highest BCUT2D eigenvalue weighted by Gasteiger charge is 2.25. The van der Waals surface area contributed by atoms with Crippen molar-refractivity contribution in [3.63, 3.8) is 0 Å². The maximum atomic E-state index is 13.5. The fourth-order valence-corrected chi connectivity index (χ4v) is 3.08. The lowest BCUT2D eigenvalue weighted by Gasteiger charge is -2.30. The molecular formula is C17H16FNO2. The number of fused-ring (bicyclic) bond motifs is 2. The number of hydrogen-bond acceptors (Lipinski definition) is 3. The van der Waals surface area contributed by atoms with Crippen molar-refractivity contribution in [3.05, 3.63) is 58.9 Å². The van der Waals surface area contributed by atoms with Gasteiger partial charge < -0.3 is 14.8 Å². The van der Waals surface area contributed by atoms with Crippen LogP contribution in [-0.2, 0) is 6.42 Å². The van der Waals surface area contributed by atoms with Gasteiger partial charge in [-0.3, -0.25) is 0 Å². The molecule has 1 unspecified atom stereocenters. The van der Waals surface area contributed by atoms with E-state index in [2.05, 4.69) is 11.4 Å². The summed E-state index contributed by atoms with van der Waals surface area (Å²) in [7, 11) is 0. The zero-order valence-corrected chi connectivity index (χ0v) is 11.6. The molecule has 1 N–H and O–H groups in total. The Kier molecular flexibility index (Phi) is 3.04. The number of rotatable bonds is 1. The molecule has 0 aromatic heterocycles. The van der Waals surface area contributed by atoms with E-state index in [1.165, 1.54) is 11.6 Å². The zero-order chi connectivity index (χ0) is 14.2. The van der Waals surface area contributed by atoms with Gasteiger partial charge in [0.25, 0.3) is 0 Å². The fraction of sp³-hybridized carbons (Fsp3) is 0.294. The van der Waals surface area contributed by atoms with Crippen molar-refractivity contribution in [3.8, 4) is 11.5 Å². The Labute approximate surface area is 122 Å². The van der Waals surface area contributed by atoms with Crippen molar-refractivity contribution in [1.29, 1.82) is 0 Å². The predicted molar refractivity (Wildman–Crippen MR) is 77.4 cm³/mol. The van der Waals surface area contributed by atoms with Gasteiger partial charge in [0.15, 0.2) is 11.5 Å². The minimum Gasteiger partial charge on any atom is -0.486 e. The minimum atomic E-state index is -0.209. The summed E-state index contributed by atoms with van der Waals surface area (Å²) in [5.41, 5.74) is 3.33.